The van der Waals surface area contributed by atoms with Crippen LogP contribution in [0.4, 0.5) is 17.1 Å². The Balaban J connectivity index is 1.37. The van der Waals surface area contributed by atoms with Crippen molar-refractivity contribution in [2.24, 2.45) is 0 Å². The van der Waals surface area contributed by atoms with Crippen molar-refractivity contribution in [3.05, 3.63) is 52.1 Å². The van der Waals surface area contributed by atoms with Crippen LogP contribution in [0.3, 0.4) is 0 Å². The van der Waals surface area contributed by atoms with Crippen molar-refractivity contribution < 1.29 is 33.5 Å². The number of ether oxygens (including phenoxy) is 4. The molecule has 11 nitrogen and oxygen atoms in total. The molecule has 1 N–H and O–H groups in total. The molecule has 1 fully saturated rings. The van der Waals surface area contributed by atoms with Crippen LogP contribution in [0.5, 0.6) is 11.5 Å². The molecule has 0 bridgehead atoms. The molecule has 32 heavy (non-hydrogen) atoms. The molecular weight excluding hydrogens is 422 g/mol. The Labute approximate surface area is 183 Å². The Kier molecular flexibility index (Phi) is 6.36. The van der Waals surface area contributed by atoms with Crippen LogP contribution < -0.4 is 19.7 Å². The van der Waals surface area contributed by atoms with E-state index in [9.17, 15) is 19.7 Å². The van der Waals surface area contributed by atoms with Crippen LogP contribution in [-0.4, -0.2) is 62.9 Å². The highest BCUT2D eigenvalue weighted by atomic mass is 16.6. The first-order valence-electron chi connectivity index (χ1n) is 9.99. The minimum absolute atomic E-state index is 0.0131. The molecule has 1 saturated heterocycles. The van der Waals surface area contributed by atoms with Gasteiger partial charge in [-0.1, -0.05) is 0 Å². The predicted molar refractivity (Wildman–Crippen MR) is 112 cm³/mol. The zero-order valence-electron chi connectivity index (χ0n) is 17.1. The van der Waals surface area contributed by atoms with Gasteiger partial charge in [0.15, 0.2) is 18.1 Å². The number of morpholine rings is 1. The van der Waals surface area contributed by atoms with E-state index in [0.717, 1.165) is 6.07 Å². The number of esters is 1. The summed E-state index contributed by atoms with van der Waals surface area (Å²) in [4.78, 5) is 37.3. The number of nitro benzene ring substituents is 1. The smallest absolute Gasteiger partial charge is 0.338 e. The molecule has 2 aromatic rings. The molecule has 168 valence electrons. The molecule has 0 aromatic heterocycles. The van der Waals surface area contributed by atoms with Gasteiger partial charge in [0.25, 0.3) is 11.6 Å². The van der Waals surface area contributed by atoms with Crippen molar-refractivity contribution in [3.63, 3.8) is 0 Å². The largest absolute Gasteiger partial charge is 0.486 e. The van der Waals surface area contributed by atoms with E-state index in [1.54, 1.807) is 18.2 Å². The molecule has 0 radical (unpaired) electrons. The topological polar surface area (TPSA) is 129 Å². The third-order valence-corrected chi connectivity index (χ3v) is 4.92. The van der Waals surface area contributed by atoms with E-state index in [-0.39, 0.29) is 11.3 Å². The first kappa shape index (κ1) is 21.4. The van der Waals surface area contributed by atoms with Crippen LogP contribution in [0, 0.1) is 10.1 Å². The van der Waals surface area contributed by atoms with Crippen LogP contribution in [0.1, 0.15) is 10.4 Å². The fraction of sp³-hybridized carbons (Fsp3) is 0.333. The van der Waals surface area contributed by atoms with E-state index in [4.69, 9.17) is 18.9 Å². The molecule has 1 amide bonds. The summed E-state index contributed by atoms with van der Waals surface area (Å²) in [6.45, 7) is 2.30. The number of anilines is 2. The first-order valence-corrected chi connectivity index (χ1v) is 9.99. The van der Waals surface area contributed by atoms with Crippen molar-refractivity contribution in [2.45, 2.75) is 0 Å². The molecule has 0 atom stereocenters. The summed E-state index contributed by atoms with van der Waals surface area (Å²) < 4.78 is 21.2. The summed E-state index contributed by atoms with van der Waals surface area (Å²) in [7, 11) is 0. The van der Waals surface area contributed by atoms with Gasteiger partial charge in [-0.25, -0.2) is 4.79 Å². The lowest BCUT2D eigenvalue weighted by atomic mass is 10.1. The maximum Gasteiger partial charge on any atom is 0.338 e. The van der Waals surface area contributed by atoms with E-state index in [1.807, 2.05) is 4.90 Å². The molecule has 11 heteroatoms. The number of rotatable bonds is 6. The lowest BCUT2D eigenvalue weighted by molar-refractivity contribution is -0.384. The third kappa shape index (κ3) is 4.89. The van der Waals surface area contributed by atoms with Crippen molar-refractivity contribution in [3.8, 4) is 11.5 Å². The molecule has 0 spiro atoms. The van der Waals surface area contributed by atoms with Gasteiger partial charge in [-0.05, 0) is 24.3 Å². The Morgan fingerprint density at radius 2 is 1.78 bits per heavy atom. The molecule has 2 aliphatic heterocycles. The van der Waals surface area contributed by atoms with Gasteiger partial charge in [0, 0.05) is 30.9 Å². The molecule has 0 saturated carbocycles. The van der Waals surface area contributed by atoms with E-state index in [2.05, 4.69) is 5.32 Å². The van der Waals surface area contributed by atoms with Gasteiger partial charge in [-0.3, -0.25) is 14.9 Å². The highest BCUT2D eigenvalue weighted by Gasteiger charge is 2.24. The zero-order valence-corrected chi connectivity index (χ0v) is 17.1. The highest BCUT2D eigenvalue weighted by Crippen LogP contribution is 2.33. The highest BCUT2D eigenvalue weighted by molar-refractivity contribution is 5.96. The summed E-state index contributed by atoms with van der Waals surface area (Å²) >= 11 is 0. The molecule has 4 rings (SSSR count). The van der Waals surface area contributed by atoms with Crippen molar-refractivity contribution in [1.82, 2.24) is 0 Å². The summed E-state index contributed by atoms with van der Waals surface area (Å²) in [5.41, 5.74) is 0.648. The Morgan fingerprint density at radius 1 is 1.03 bits per heavy atom. The normalized spacial score (nSPS) is 15.1. The SMILES string of the molecule is O=C(COC(=O)c1ccc(N2CCOCC2)c([N+](=O)[O-])c1)Nc1ccc2c(c1)OCCO2. The lowest BCUT2D eigenvalue weighted by Gasteiger charge is -2.28. The number of nitrogens with zero attached hydrogens (tertiary/aromatic N) is 2. The monoisotopic (exact) mass is 443 g/mol. The number of carbonyl (C=O) groups excluding carboxylic acids is 2. The standard InChI is InChI=1S/C21H21N3O8/c25-20(22-15-2-4-18-19(12-15)31-10-9-30-18)13-32-21(26)14-1-3-16(17(11-14)24(27)28)23-5-7-29-8-6-23/h1-4,11-12H,5-10,13H2,(H,22,25). The number of hydrogen-bond donors (Lipinski definition) is 1. The van der Waals surface area contributed by atoms with Gasteiger partial charge < -0.3 is 29.2 Å². The number of nitrogens with one attached hydrogen (secondary N) is 1. The summed E-state index contributed by atoms with van der Waals surface area (Å²) in [5.74, 6) is -0.296. The zero-order chi connectivity index (χ0) is 22.5. The Bertz CT molecular complexity index is 1040. The number of fused-ring (bicyclic) bond motifs is 1. The summed E-state index contributed by atoms with van der Waals surface area (Å²) in [6, 6.07) is 9.04. The van der Waals surface area contributed by atoms with E-state index >= 15 is 0 Å². The predicted octanol–water partition coefficient (Wildman–Crippen LogP) is 2.00. The van der Waals surface area contributed by atoms with Gasteiger partial charge in [0.2, 0.25) is 0 Å². The Hall–Kier alpha value is -3.86. The summed E-state index contributed by atoms with van der Waals surface area (Å²) in [6.07, 6.45) is 0. The molecule has 2 aromatic carbocycles. The van der Waals surface area contributed by atoms with Crippen molar-refractivity contribution in [2.75, 3.05) is 56.3 Å². The molecular formula is C21H21N3O8. The average molecular weight is 443 g/mol. The maximum absolute atomic E-state index is 12.4. The fourth-order valence-corrected chi connectivity index (χ4v) is 3.40. The van der Waals surface area contributed by atoms with Gasteiger partial charge >= 0.3 is 5.97 Å². The number of amides is 1. The third-order valence-electron chi connectivity index (χ3n) is 4.92. The van der Waals surface area contributed by atoms with Crippen LogP contribution in [0.2, 0.25) is 0 Å². The molecule has 2 aliphatic rings. The van der Waals surface area contributed by atoms with Crippen LogP contribution in [-0.2, 0) is 14.3 Å². The van der Waals surface area contributed by atoms with E-state index in [0.29, 0.717) is 62.4 Å². The minimum Gasteiger partial charge on any atom is -0.486 e. The van der Waals surface area contributed by atoms with Gasteiger partial charge in [-0.2, -0.15) is 0 Å². The van der Waals surface area contributed by atoms with Gasteiger partial charge in [-0.15, -0.1) is 0 Å². The van der Waals surface area contributed by atoms with Crippen LogP contribution in [0.25, 0.3) is 0 Å². The van der Waals surface area contributed by atoms with Crippen LogP contribution >= 0.6 is 0 Å². The van der Waals surface area contributed by atoms with Crippen molar-refractivity contribution in [1.29, 1.82) is 0 Å². The number of hydrogen-bond acceptors (Lipinski definition) is 9. The van der Waals surface area contributed by atoms with E-state index < -0.39 is 23.4 Å². The number of benzene rings is 2. The second kappa shape index (κ2) is 9.52. The van der Waals surface area contributed by atoms with Gasteiger partial charge in [0.1, 0.15) is 18.9 Å². The molecule has 0 aliphatic carbocycles. The van der Waals surface area contributed by atoms with E-state index in [1.165, 1.54) is 12.1 Å². The first-order chi connectivity index (χ1) is 15.5. The quantitative estimate of drug-likeness (QED) is 0.405. The summed E-state index contributed by atoms with van der Waals surface area (Å²) in [5, 5.41) is 14.1. The fourth-order valence-electron chi connectivity index (χ4n) is 3.40. The maximum atomic E-state index is 12.4. The molecule has 0 unspecified atom stereocenters. The Morgan fingerprint density at radius 3 is 2.53 bits per heavy atom. The van der Waals surface area contributed by atoms with Crippen molar-refractivity contribution >= 4 is 28.9 Å². The lowest BCUT2D eigenvalue weighted by Crippen LogP contribution is -2.36. The second-order valence-electron chi connectivity index (χ2n) is 7.04. The average Bonchev–Trinajstić information content (AvgIpc) is 2.82. The second-order valence-corrected chi connectivity index (χ2v) is 7.04. The number of carbonyl (C=O) groups is 2. The molecule has 2 heterocycles. The van der Waals surface area contributed by atoms with Gasteiger partial charge in [0.05, 0.1) is 23.7 Å². The number of nitro groups is 1. The van der Waals surface area contributed by atoms with Crippen LogP contribution in [0.15, 0.2) is 36.4 Å². The minimum atomic E-state index is -0.834.